The van der Waals surface area contributed by atoms with Crippen molar-refractivity contribution in [2.24, 2.45) is 11.7 Å². The van der Waals surface area contributed by atoms with E-state index in [0.717, 1.165) is 17.1 Å². The van der Waals surface area contributed by atoms with E-state index >= 15 is 0 Å². The first-order chi connectivity index (χ1) is 25.7. The molecule has 4 rings (SSSR count). The van der Waals surface area contributed by atoms with E-state index in [1.807, 2.05) is 0 Å². The molecule has 3 aromatic carbocycles. The van der Waals surface area contributed by atoms with Gasteiger partial charge in [0.05, 0.1) is 10.6 Å². The number of urea groups is 1. The lowest BCUT2D eigenvalue weighted by Crippen LogP contribution is -2.54. The molecule has 0 spiro atoms. The molecule has 3 aromatic rings. The van der Waals surface area contributed by atoms with E-state index in [0.29, 0.717) is 11.3 Å². The monoisotopic (exact) mass is 743 g/mol. The van der Waals surface area contributed by atoms with E-state index in [4.69, 9.17) is 15.2 Å². The summed E-state index contributed by atoms with van der Waals surface area (Å²) in [6.07, 6.45) is 1.59. The third-order valence-corrected chi connectivity index (χ3v) is 7.86. The van der Waals surface area contributed by atoms with E-state index < -0.39 is 64.6 Å². The number of hydrogen-bond acceptors (Lipinski definition) is 11. The number of carbonyl (C=O) groups excluding carboxylic acids is 7. The number of anilines is 2. The molecule has 0 aromatic heterocycles. The number of carbonyl (C=O) groups is 7. The van der Waals surface area contributed by atoms with Crippen LogP contribution in [0.1, 0.15) is 42.6 Å². The maximum absolute atomic E-state index is 13.5. The highest BCUT2D eigenvalue weighted by Crippen LogP contribution is 2.21. The van der Waals surface area contributed by atoms with Gasteiger partial charge >= 0.3 is 12.2 Å². The molecule has 0 saturated heterocycles. The van der Waals surface area contributed by atoms with Crippen LogP contribution in [0.3, 0.4) is 0 Å². The predicted octanol–water partition coefficient (Wildman–Crippen LogP) is 3.07. The van der Waals surface area contributed by atoms with Crippen LogP contribution in [0.4, 0.5) is 26.7 Å². The second kappa shape index (κ2) is 18.4. The van der Waals surface area contributed by atoms with Crippen molar-refractivity contribution in [2.75, 3.05) is 16.8 Å². The Morgan fingerprint density at radius 2 is 1.48 bits per heavy atom. The molecule has 0 saturated carbocycles. The summed E-state index contributed by atoms with van der Waals surface area (Å²) in [4.78, 5) is 98.4. The third kappa shape index (κ3) is 11.2. The fraction of sp³-hybridized carbons (Fsp3) is 0.250. The fourth-order valence-corrected chi connectivity index (χ4v) is 5.04. The maximum atomic E-state index is 13.5. The molecule has 282 valence electrons. The van der Waals surface area contributed by atoms with E-state index in [9.17, 15) is 43.7 Å². The topological polar surface area (TPSA) is 258 Å². The molecule has 0 radical (unpaired) electrons. The molecule has 18 heteroatoms. The molecule has 2 atom stereocenters. The summed E-state index contributed by atoms with van der Waals surface area (Å²) in [5.74, 6) is -3.24. The van der Waals surface area contributed by atoms with Crippen LogP contribution in [0, 0.1) is 16.0 Å². The van der Waals surface area contributed by atoms with Gasteiger partial charge in [-0.25, -0.2) is 14.5 Å². The van der Waals surface area contributed by atoms with Gasteiger partial charge in [0.15, 0.2) is 0 Å². The highest BCUT2D eigenvalue weighted by Gasteiger charge is 2.30. The number of nitro groups is 1. The zero-order valence-electron chi connectivity index (χ0n) is 29.1. The largest absolute Gasteiger partial charge is 0.514 e. The summed E-state index contributed by atoms with van der Waals surface area (Å²) < 4.78 is 10.1. The predicted molar refractivity (Wildman–Crippen MR) is 192 cm³/mol. The molecule has 0 aliphatic carbocycles. The number of amides is 7. The summed E-state index contributed by atoms with van der Waals surface area (Å²) in [6, 6.07) is 13.8. The number of benzene rings is 3. The van der Waals surface area contributed by atoms with Gasteiger partial charge in [0.25, 0.3) is 23.4 Å². The number of imide groups is 1. The SMILES string of the molecule is CC(C)[C@H](NC(=O)c1ccc(N2C(=O)C=CC2=O)cc1)C(=O)N[C@@H](CCCNC(N)=O)C(=O)Nc1ccc(COC(=O)Oc2ccc([N+](=O)[O-])cc2)cc1. The van der Waals surface area contributed by atoms with Crippen molar-refractivity contribution in [3.05, 3.63) is 106 Å². The van der Waals surface area contributed by atoms with E-state index in [1.54, 1.807) is 38.1 Å². The van der Waals surface area contributed by atoms with Gasteiger partial charge < -0.3 is 36.5 Å². The molecule has 18 nitrogen and oxygen atoms in total. The molecular weight excluding hydrogens is 706 g/mol. The standard InChI is InChI=1S/C36H37N7O11/c1-21(2)31(41-32(46)23-7-11-25(12-8-23)42-29(44)17-18-30(42)45)34(48)40-28(4-3-19-38-35(37)49)33(47)39-24-9-5-22(6-10-24)20-53-36(50)54-27-15-13-26(14-16-27)43(51)52/h5-18,21,28,31H,3-4,19-20H2,1-2H3,(H,39,47)(H,40,48)(H,41,46)(H3,37,38,49)/t28-,31-/m0/s1. The Kier molecular flexibility index (Phi) is 13.5. The summed E-state index contributed by atoms with van der Waals surface area (Å²) in [7, 11) is 0. The second-order valence-corrected chi connectivity index (χ2v) is 12.2. The van der Waals surface area contributed by atoms with Crippen LogP contribution < -0.4 is 36.6 Å². The molecule has 6 N–H and O–H groups in total. The molecule has 1 heterocycles. The number of nitrogens with one attached hydrogen (secondary N) is 4. The number of non-ortho nitro benzene ring substituents is 1. The third-order valence-electron chi connectivity index (χ3n) is 7.86. The van der Waals surface area contributed by atoms with Gasteiger partial charge in [0.1, 0.15) is 24.4 Å². The zero-order chi connectivity index (χ0) is 39.4. The van der Waals surface area contributed by atoms with Gasteiger partial charge in [0, 0.05) is 42.1 Å². The molecule has 1 aliphatic heterocycles. The number of hydrogen-bond donors (Lipinski definition) is 5. The van der Waals surface area contributed by atoms with Crippen LogP contribution in [-0.2, 0) is 30.5 Å². The number of ether oxygens (including phenoxy) is 2. The molecule has 1 aliphatic rings. The van der Waals surface area contributed by atoms with Crippen LogP contribution in [0.15, 0.2) is 84.9 Å². The average Bonchev–Trinajstić information content (AvgIpc) is 3.48. The molecular formula is C36H37N7O11. The van der Waals surface area contributed by atoms with Crippen molar-refractivity contribution >= 4 is 58.8 Å². The Bertz CT molecular complexity index is 1910. The van der Waals surface area contributed by atoms with Gasteiger partial charge in [-0.2, -0.15) is 0 Å². The van der Waals surface area contributed by atoms with Crippen molar-refractivity contribution in [1.82, 2.24) is 16.0 Å². The molecule has 7 amide bonds. The number of nitrogens with zero attached hydrogens (tertiary/aromatic N) is 2. The van der Waals surface area contributed by atoms with Crippen molar-refractivity contribution in [3.8, 4) is 5.75 Å². The highest BCUT2D eigenvalue weighted by atomic mass is 16.7. The highest BCUT2D eigenvalue weighted by molar-refractivity contribution is 6.28. The number of primary amides is 1. The first-order valence-electron chi connectivity index (χ1n) is 16.5. The average molecular weight is 744 g/mol. The van der Waals surface area contributed by atoms with E-state index in [2.05, 4.69) is 21.3 Å². The Morgan fingerprint density at radius 1 is 0.852 bits per heavy atom. The van der Waals surface area contributed by atoms with Crippen LogP contribution >= 0.6 is 0 Å². The van der Waals surface area contributed by atoms with Crippen molar-refractivity contribution < 1.29 is 48.0 Å². The summed E-state index contributed by atoms with van der Waals surface area (Å²) in [5.41, 5.74) is 6.28. The normalized spacial score (nSPS) is 13.1. The van der Waals surface area contributed by atoms with Crippen molar-refractivity contribution in [1.29, 1.82) is 0 Å². The van der Waals surface area contributed by atoms with Gasteiger partial charge in [-0.05, 0) is 72.9 Å². The molecule has 54 heavy (non-hydrogen) atoms. The summed E-state index contributed by atoms with van der Waals surface area (Å²) in [5, 5.41) is 21.3. The molecule has 0 bridgehead atoms. The van der Waals surface area contributed by atoms with Gasteiger partial charge in [-0.1, -0.05) is 26.0 Å². The Labute approximate surface area is 308 Å². The van der Waals surface area contributed by atoms with Crippen molar-refractivity contribution in [3.63, 3.8) is 0 Å². The van der Waals surface area contributed by atoms with Crippen molar-refractivity contribution in [2.45, 2.75) is 45.4 Å². The van der Waals surface area contributed by atoms with Crippen LogP contribution in [-0.4, -0.2) is 65.3 Å². The maximum Gasteiger partial charge on any atom is 0.514 e. The quantitative estimate of drug-likeness (QED) is 0.0356. The Hall–Kier alpha value is -7.11. The Balaban J connectivity index is 1.35. The first-order valence-corrected chi connectivity index (χ1v) is 16.5. The number of nitro benzene ring substituents is 1. The minimum Gasteiger partial charge on any atom is -0.429 e. The first kappa shape index (κ1) is 39.7. The van der Waals surface area contributed by atoms with Gasteiger partial charge in [-0.3, -0.25) is 34.1 Å². The number of rotatable bonds is 16. The number of nitrogens with two attached hydrogens (primary N) is 1. The summed E-state index contributed by atoms with van der Waals surface area (Å²) in [6.45, 7) is 3.35. The smallest absolute Gasteiger partial charge is 0.429 e. The van der Waals surface area contributed by atoms with Crippen LogP contribution in [0.25, 0.3) is 0 Å². The van der Waals surface area contributed by atoms with Crippen LogP contribution in [0.2, 0.25) is 0 Å². The second-order valence-electron chi connectivity index (χ2n) is 12.2. The fourth-order valence-electron chi connectivity index (χ4n) is 5.04. The lowest BCUT2D eigenvalue weighted by Gasteiger charge is -2.25. The minimum atomic E-state index is -1.11. The molecule has 0 fully saturated rings. The van der Waals surface area contributed by atoms with E-state index in [1.165, 1.54) is 48.5 Å². The van der Waals surface area contributed by atoms with Gasteiger partial charge in [0.2, 0.25) is 11.8 Å². The zero-order valence-corrected chi connectivity index (χ0v) is 29.1. The lowest BCUT2D eigenvalue weighted by atomic mass is 10.0. The van der Waals surface area contributed by atoms with E-state index in [-0.39, 0.29) is 48.7 Å². The molecule has 0 unspecified atom stereocenters. The minimum absolute atomic E-state index is 0.0535. The van der Waals surface area contributed by atoms with Gasteiger partial charge in [-0.15, -0.1) is 0 Å². The van der Waals surface area contributed by atoms with Crippen LogP contribution in [0.5, 0.6) is 5.75 Å². The Morgan fingerprint density at radius 3 is 2.06 bits per heavy atom. The summed E-state index contributed by atoms with van der Waals surface area (Å²) >= 11 is 0. The lowest BCUT2D eigenvalue weighted by molar-refractivity contribution is -0.384.